The lowest BCUT2D eigenvalue weighted by Gasteiger charge is -2.06. The van der Waals surface area contributed by atoms with E-state index in [1.54, 1.807) is 18.2 Å². The van der Waals surface area contributed by atoms with Gasteiger partial charge in [0.25, 0.3) is 5.91 Å². The van der Waals surface area contributed by atoms with Crippen LogP contribution in [0.3, 0.4) is 0 Å². The molecule has 2 rings (SSSR count). The van der Waals surface area contributed by atoms with Crippen LogP contribution in [-0.4, -0.2) is 20.5 Å². The molecule has 7 heteroatoms. The molecule has 0 unspecified atom stereocenters. The summed E-state index contributed by atoms with van der Waals surface area (Å²) < 4.78 is 1.24. The van der Waals surface area contributed by atoms with Gasteiger partial charge in [-0.1, -0.05) is 24.3 Å². The normalized spacial score (nSPS) is 10.4. The molecule has 0 spiro atoms. The van der Waals surface area contributed by atoms with Crippen LogP contribution in [0.5, 0.6) is 0 Å². The molecule has 1 aromatic heterocycles. The van der Waals surface area contributed by atoms with Gasteiger partial charge >= 0.3 is 5.82 Å². The summed E-state index contributed by atoms with van der Waals surface area (Å²) in [5.74, 6) is -0.526. The number of aliphatic hydroxyl groups is 1. The monoisotopic (exact) mass is 289 g/mol. The number of benzene rings is 1. The van der Waals surface area contributed by atoms with Gasteiger partial charge in [-0.25, -0.2) is 4.57 Å². The second kappa shape index (κ2) is 6.19. The van der Waals surface area contributed by atoms with E-state index in [0.717, 1.165) is 11.1 Å². The first-order valence-electron chi connectivity index (χ1n) is 6.30. The Bertz CT molecular complexity index is 679. The zero-order chi connectivity index (χ0) is 15.4. The lowest BCUT2D eigenvalue weighted by Crippen LogP contribution is -2.25. The van der Waals surface area contributed by atoms with Crippen molar-refractivity contribution in [2.75, 3.05) is 0 Å². The molecular formula is C14H15N3O4. The minimum Gasteiger partial charge on any atom is -0.392 e. The molecule has 0 atom stereocenters. The van der Waals surface area contributed by atoms with E-state index in [4.69, 9.17) is 5.11 Å². The predicted octanol–water partition coefficient (Wildman–Crippen LogP) is 1.36. The molecule has 0 radical (unpaired) electrons. The van der Waals surface area contributed by atoms with Gasteiger partial charge in [-0.2, -0.15) is 0 Å². The van der Waals surface area contributed by atoms with Crippen molar-refractivity contribution in [1.82, 2.24) is 9.88 Å². The zero-order valence-corrected chi connectivity index (χ0v) is 11.4. The average molecular weight is 289 g/mol. The Balaban J connectivity index is 2.06. The molecule has 110 valence electrons. The van der Waals surface area contributed by atoms with Crippen LogP contribution in [0, 0.1) is 10.1 Å². The number of nitro groups is 1. The van der Waals surface area contributed by atoms with Crippen molar-refractivity contribution < 1.29 is 14.8 Å². The number of hydrogen-bond acceptors (Lipinski definition) is 4. The molecule has 2 aromatic rings. The van der Waals surface area contributed by atoms with E-state index < -0.39 is 4.92 Å². The van der Waals surface area contributed by atoms with E-state index in [0.29, 0.717) is 0 Å². The van der Waals surface area contributed by atoms with Gasteiger partial charge in [-0.15, -0.1) is 0 Å². The minimum atomic E-state index is -0.540. The van der Waals surface area contributed by atoms with Crippen molar-refractivity contribution >= 4 is 11.7 Å². The van der Waals surface area contributed by atoms with Crippen LogP contribution in [0.1, 0.15) is 21.6 Å². The van der Waals surface area contributed by atoms with Gasteiger partial charge in [0, 0.05) is 12.6 Å². The Labute approximate surface area is 121 Å². The molecule has 21 heavy (non-hydrogen) atoms. The molecule has 0 bridgehead atoms. The van der Waals surface area contributed by atoms with E-state index in [2.05, 4.69) is 5.32 Å². The first-order valence-corrected chi connectivity index (χ1v) is 6.30. The van der Waals surface area contributed by atoms with Crippen LogP contribution in [-0.2, 0) is 20.2 Å². The largest absolute Gasteiger partial charge is 0.392 e. The molecule has 1 amide bonds. The van der Waals surface area contributed by atoms with Crippen molar-refractivity contribution in [2.24, 2.45) is 7.05 Å². The maximum Gasteiger partial charge on any atom is 0.323 e. The molecule has 0 saturated heterocycles. The van der Waals surface area contributed by atoms with E-state index in [1.165, 1.54) is 23.7 Å². The van der Waals surface area contributed by atoms with Crippen molar-refractivity contribution in [2.45, 2.75) is 13.2 Å². The van der Waals surface area contributed by atoms with Crippen LogP contribution < -0.4 is 5.32 Å². The van der Waals surface area contributed by atoms with Crippen LogP contribution in [0.4, 0.5) is 5.82 Å². The quantitative estimate of drug-likeness (QED) is 0.641. The number of nitrogens with zero attached hydrogens (tertiary/aromatic N) is 2. The Morgan fingerprint density at radius 2 is 2.05 bits per heavy atom. The van der Waals surface area contributed by atoms with E-state index >= 15 is 0 Å². The van der Waals surface area contributed by atoms with Crippen LogP contribution >= 0.6 is 0 Å². The second-order valence-electron chi connectivity index (χ2n) is 4.55. The van der Waals surface area contributed by atoms with E-state index in [-0.39, 0.29) is 30.6 Å². The molecule has 1 aromatic carbocycles. The highest BCUT2D eigenvalue weighted by Gasteiger charge is 2.20. The van der Waals surface area contributed by atoms with Gasteiger partial charge < -0.3 is 20.5 Å². The smallest absolute Gasteiger partial charge is 0.323 e. The summed E-state index contributed by atoms with van der Waals surface area (Å²) >= 11 is 0. The fraction of sp³-hybridized carbons (Fsp3) is 0.214. The maximum absolute atomic E-state index is 12.0. The zero-order valence-electron chi connectivity index (χ0n) is 11.4. The summed E-state index contributed by atoms with van der Waals surface area (Å²) in [5.41, 5.74) is 1.83. The second-order valence-corrected chi connectivity index (χ2v) is 4.55. The van der Waals surface area contributed by atoms with Crippen LogP contribution in [0.25, 0.3) is 0 Å². The van der Waals surface area contributed by atoms with Gasteiger partial charge in [0.1, 0.15) is 0 Å². The number of carbonyl (C=O) groups is 1. The van der Waals surface area contributed by atoms with Gasteiger partial charge in [-0.05, 0) is 22.1 Å². The Morgan fingerprint density at radius 3 is 2.67 bits per heavy atom. The van der Waals surface area contributed by atoms with Gasteiger partial charge in [0.05, 0.1) is 13.7 Å². The fourth-order valence-corrected chi connectivity index (χ4v) is 2.02. The Hall–Kier alpha value is -2.67. The van der Waals surface area contributed by atoms with Gasteiger partial charge in [-0.3, -0.25) is 4.79 Å². The number of hydrogen-bond donors (Lipinski definition) is 2. The Kier molecular flexibility index (Phi) is 4.34. The van der Waals surface area contributed by atoms with Gasteiger partial charge in [0.15, 0.2) is 5.69 Å². The number of rotatable bonds is 5. The SMILES string of the molecule is Cn1c(C(=O)NCc2cccc(CO)c2)ccc1[N+](=O)[O-]. The summed E-state index contributed by atoms with van der Waals surface area (Å²) in [4.78, 5) is 22.2. The van der Waals surface area contributed by atoms with E-state index in [1.807, 2.05) is 6.07 Å². The summed E-state index contributed by atoms with van der Waals surface area (Å²) in [7, 11) is 1.47. The number of amides is 1. The molecule has 1 heterocycles. The molecule has 0 saturated carbocycles. The van der Waals surface area contributed by atoms with Crippen molar-refractivity contribution in [3.05, 3.63) is 63.3 Å². The molecule has 0 aliphatic rings. The highest BCUT2D eigenvalue weighted by Crippen LogP contribution is 2.15. The molecular weight excluding hydrogens is 274 g/mol. The van der Waals surface area contributed by atoms with E-state index in [9.17, 15) is 14.9 Å². The summed E-state index contributed by atoms with van der Waals surface area (Å²) in [5, 5.41) is 22.5. The Morgan fingerprint density at radius 1 is 1.33 bits per heavy atom. The molecule has 2 N–H and O–H groups in total. The first kappa shape index (κ1) is 14.7. The lowest BCUT2D eigenvalue weighted by atomic mass is 10.1. The number of aliphatic hydroxyl groups excluding tert-OH is 1. The van der Waals surface area contributed by atoms with Crippen molar-refractivity contribution in [1.29, 1.82) is 0 Å². The highest BCUT2D eigenvalue weighted by molar-refractivity contribution is 5.93. The summed E-state index contributed by atoms with van der Waals surface area (Å²) in [6.07, 6.45) is 0. The lowest BCUT2D eigenvalue weighted by molar-refractivity contribution is -0.391. The molecule has 0 fully saturated rings. The predicted molar refractivity (Wildman–Crippen MR) is 75.6 cm³/mol. The van der Waals surface area contributed by atoms with Gasteiger partial charge in [0.2, 0.25) is 0 Å². The molecule has 0 aliphatic carbocycles. The number of aromatic nitrogens is 1. The summed E-state index contributed by atoms with van der Waals surface area (Å²) in [6, 6.07) is 9.89. The topological polar surface area (TPSA) is 97.4 Å². The maximum atomic E-state index is 12.0. The van der Waals surface area contributed by atoms with Crippen molar-refractivity contribution in [3.8, 4) is 0 Å². The first-order chi connectivity index (χ1) is 10.0. The third kappa shape index (κ3) is 3.26. The van der Waals surface area contributed by atoms with Crippen LogP contribution in [0.15, 0.2) is 36.4 Å². The standard InChI is InChI=1S/C14H15N3O4/c1-16-12(5-6-13(16)17(20)21)14(19)15-8-10-3-2-4-11(7-10)9-18/h2-7,18H,8-9H2,1H3,(H,15,19). The van der Waals surface area contributed by atoms with Crippen LogP contribution in [0.2, 0.25) is 0 Å². The minimum absolute atomic E-state index is 0.0637. The highest BCUT2D eigenvalue weighted by atomic mass is 16.6. The number of nitrogens with one attached hydrogen (secondary N) is 1. The average Bonchev–Trinajstić information content (AvgIpc) is 2.87. The number of carbonyl (C=O) groups excluding carboxylic acids is 1. The summed E-state index contributed by atoms with van der Waals surface area (Å²) in [6.45, 7) is 0.220. The third-order valence-electron chi connectivity index (χ3n) is 3.14. The molecule has 0 aliphatic heterocycles. The van der Waals surface area contributed by atoms with Crippen molar-refractivity contribution in [3.63, 3.8) is 0 Å². The fourth-order valence-electron chi connectivity index (χ4n) is 2.02. The molecule has 7 nitrogen and oxygen atoms in total. The third-order valence-corrected chi connectivity index (χ3v) is 3.14.